The van der Waals surface area contributed by atoms with Crippen molar-refractivity contribution >= 4 is 44.6 Å². The molecule has 0 atom stereocenters. The number of halogens is 2. The number of aromatic nitrogens is 1. The van der Waals surface area contributed by atoms with Gasteiger partial charge in [-0.05, 0) is 52.7 Å². The first-order valence-corrected chi connectivity index (χ1v) is 6.66. The number of anilines is 2. The monoisotopic (exact) mass is 339 g/mol. The van der Waals surface area contributed by atoms with E-state index in [1.165, 1.54) is 6.07 Å². The summed E-state index contributed by atoms with van der Waals surface area (Å²) in [5.74, 6) is 0.276. The number of pyridine rings is 1. The van der Waals surface area contributed by atoms with Gasteiger partial charge in [-0.1, -0.05) is 12.2 Å². The van der Waals surface area contributed by atoms with E-state index >= 15 is 0 Å². The first kappa shape index (κ1) is 13.9. The zero-order chi connectivity index (χ0) is 14.0. The SMILES string of the molecule is Cc1cc(Br)c(F)cc1Nc1ccc(C(N)=S)cn1. The van der Waals surface area contributed by atoms with Crippen molar-refractivity contribution in [3.05, 3.63) is 51.9 Å². The van der Waals surface area contributed by atoms with Crippen molar-refractivity contribution in [2.24, 2.45) is 5.73 Å². The molecule has 3 N–H and O–H groups in total. The van der Waals surface area contributed by atoms with Gasteiger partial charge in [0, 0.05) is 17.4 Å². The number of rotatable bonds is 3. The highest BCUT2D eigenvalue weighted by molar-refractivity contribution is 9.10. The maximum Gasteiger partial charge on any atom is 0.139 e. The maximum atomic E-state index is 13.5. The number of hydrogen-bond acceptors (Lipinski definition) is 3. The van der Waals surface area contributed by atoms with Crippen molar-refractivity contribution in [2.75, 3.05) is 5.32 Å². The molecular weight excluding hydrogens is 329 g/mol. The van der Waals surface area contributed by atoms with Crippen LogP contribution in [-0.4, -0.2) is 9.97 Å². The Balaban J connectivity index is 2.26. The summed E-state index contributed by atoms with van der Waals surface area (Å²) in [5.41, 5.74) is 7.76. The van der Waals surface area contributed by atoms with E-state index in [2.05, 4.69) is 26.2 Å². The van der Waals surface area contributed by atoms with E-state index in [0.29, 0.717) is 26.5 Å². The predicted molar refractivity (Wildman–Crippen MR) is 82.2 cm³/mol. The first-order valence-electron chi connectivity index (χ1n) is 5.46. The number of hydrogen-bond donors (Lipinski definition) is 2. The molecule has 2 aromatic rings. The molecule has 98 valence electrons. The zero-order valence-electron chi connectivity index (χ0n) is 10.1. The number of benzene rings is 1. The molecule has 0 spiro atoms. The van der Waals surface area contributed by atoms with Gasteiger partial charge < -0.3 is 11.1 Å². The van der Waals surface area contributed by atoms with Crippen LogP contribution in [-0.2, 0) is 0 Å². The third-order valence-corrected chi connectivity index (χ3v) is 3.42. The Hall–Kier alpha value is -1.53. The van der Waals surface area contributed by atoms with Crippen LogP contribution in [0.25, 0.3) is 0 Å². The lowest BCUT2D eigenvalue weighted by Crippen LogP contribution is -2.09. The van der Waals surface area contributed by atoms with Crippen molar-refractivity contribution in [3.8, 4) is 0 Å². The Morgan fingerprint density at radius 1 is 1.42 bits per heavy atom. The van der Waals surface area contributed by atoms with Gasteiger partial charge in [0.2, 0.25) is 0 Å². The molecular formula is C13H11BrFN3S. The van der Waals surface area contributed by atoms with Gasteiger partial charge in [-0.3, -0.25) is 0 Å². The predicted octanol–water partition coefficient (Wildman–Crippen LogP) is 3.67. The van der Waals surface area contributed by atoms with Crippen LogP contribution in [0.2, 0.25) is 0 Å². The second-order valence-corrected chi connectivity index (χ2v) is 5.30. The molecule has 2 rings (SSSR count). The lowest BCUT2D eigenvalue weighted by atomic mass is 10.2. The Labute approximate surface area is 124 Å². The maximum absolute atomic E-state index is 13.5. The molecule has 3 nitrogen and oxygen atoms in total. The molecule has 0 unspecified atom stereocenters. The molecule has 0 bridgehead atoms. The van der Waals surface area contributed by atoms with Crippen molar-refractivity contribution < 1.29 is 4.39 Å². The van der Waals surface area contributed by atoms with Crippen molar-refractivity contribution in [3.63, 3.8) is 0 Å². The van der Waals surface area contributed by atoms with Crippen LogP contribution in [0.1, 0.15) is 11.1 Å². The highest BCUT2D eigenvalue weighted by Crippen LogP contribution is 2.26. The highest BCUT2D eigenvalue weighted by Gasteiger charge is 2.06. The third-order valence-electron chi connectivity index (χ3n) is 2.58. The van der Waals surface area contributed by atoms with Gasteiger partial charge in [0.1, 0.15) is 16.6 Å². The first-order chi connectivity index (χ1) is 8.97. The van der Waals surface area contributed by atoms with Gasteiger partial charge in [0.15, 0.2) is 0 Å². The Kier molecular flexibility index (Phi) is 4.11. The number of nitrogens with one attached hydrogen (secondary N) is 1. The minimum Gasteiger partial charge on any atom is -0.389 e. The fraction of sp³-hybridized carbons (Fsp3) is 0.0769. The fourth-order valence-electron chi connectivity index (χ4n) is 1.53. The average Bonchev–Trinajstić information content (AvgIpc) is 2.36. The largest absolute Gasteiger partial charge is 0.389 e. The summed E-state index contributed by atoms with van der Waals surface area (Å²) in [7, 11) is 0. The average molecular weight is 340 g/mol. The number of thiocarbonyl (C=S) groups is 1. The molecule has 1 heterocycles. The lowest BCUT2D eigenvalue weighted by Gasteiger charge is -2.10. The lowest BCUT2D eigenvalue weighted by molar-refractivity contribution is 0.621. The Morgan fingerprint density at radius 3 is 2.74 bits per heavy atom. The van der Waals surface area contributed by atoms with E-state index in [-0.39, 0.29) is 5.82 Å². The van der Waals surface area contributed by atoms with Crippen LogP contribution < -0.4 is 11.1 Å². The van der Waals surface area contributed by atoms with Crippen molar-refractivity contribution in [1.82, 2.24) is 4.98 Å². The van der Waals surface area contributed by atoms with E-state index in [4.69, 9.17) is 18.0 Å². The fourth-order valence-corrected chi connectivity index (χ4v) is 2.11. The molecule has 0 radical (unpaired) electrons. The molecule has 0 fully saturated rings. The summed E-state index contributed by atoms with van der Waals surface area (Å²) in [6.07, 6.45) is 1.58. The van der Waals surface area contributed by atoms with Crippen LogP contribution in [0.5, 0.6) is 0 Å². The molecule has 0 saturated carbocycles. The zero-order valence-corrected chi connectivity index (χ0v) is 12.5. The second kappa shape index (κ2) is 5.63. The van der Waals surface area contributed by atoms with Gasteiger partial charge in [-0.2, -0.15) is 0 Å². The van der Waals surface area contributed by atoms with Crippen molar-refractivity contribution in [1.29, 1.82) is 0 Å². The Morgan fingerprint density at radius 2 is 2.16 bits per heavy atom. The van der Waals surface area contributed by atoms with E-state index in [1.807, 2.05) is 6.92 Å². The van der Waals surface area contributed by atoms with Crippen LogP contribution in [0.15, 0.2) is 34.9 Å². The summed E-state index contributed by atoms with van der Waals surface area (Å²) in [6, 6.07) is 6.64. The molecule has 0 aliphatic heterocycles. The summed E-state index contributed by atoms with van der Waals surface area (Å²) in [6.45, 7) is 1.88. The molecule has 0 saturated heterocycles. The van der Waals surface area contributed by atoms with Crippen LogP contribution >= 0.6 is 28.1 Å². The molecule has 1 aromatic heterocycles. The van der Waals surface area contributed by atoms with Gasteiger partial charge in [0.25, 0.3) is 0 Å². The van der Waals surface area contributed by atoms with Gasteiger partial charge >= 0.3 is 0 Å². The minimum atomic E-state index is -0.326. The van der Waals surface area contributed by atoms with Crippen LogP contribution in [0.3, 0.4) is 0 Å². The van der Waals surface area contributed by atoms with Crippen molar-refractivity contribution in [2.45, 2.75) is 6.92 Å². The van der Waals surface area contributed by atoms with Crippen LogP contribution in [0, 0.1) is 12.7 Å². The minimum absolute atomic E-state index is 0.296. The normalized spacial score (nSPS) is 10.3. The molecule has 6 heteroatoms. The van der Waals surface area contributed by atoms with Gasteiger partial charge in [-0.15, -0.1) is 0 Å². The summed E-state index contributed by atoms with van der Waals surface area (Å²) >= 11 is 7.99. The number of nitrogens with two attached hydrogens (primary N) is 1. The smallest absolute Gasteiger partial charge is 0.139 e. The standard InChI is InChI=1S/C13H11BrFN3S/c1-7-4-9(14)10(15)5-11(7)18-12-3-2-8(6-17-12)13(16)19/h2-6H,1H3,(H2,16,19)(H,17,18). The van der Waals surface area contributed by atoms with E-state index in [9.17, 15) is 4.39 Å². The van der Waals surface area contributed by atoms with E-state index in [1.54, 1.807) is 24.4 Å². The molecule has 0 aliphatic carbocycles. The third kappa shape index (κ3) is 3.27. The second-order valence-electron chi connectivity index (χ2n) is 4.00. The Bertz CT molecular complexity index is 629. The molecule has 1 aromatic carbocycles. The van der Waals surface area contributed by atoms with Gasteiger partial charge in [0.05, 0.1) is 4.47 Å². The summed E-state index contributed by atoms with van der Waals surface area (Å²) in [5, 5.41) is 3.05. The number of nitrogens with zero attached hydrogens (tertiary/aromatic N) is 1. The molecule has 0 amide bonds. The van der Waals surface area contributed by atoms with Crippen LogP contribution in [0.4, 0.5) is 15.9 Å². The topological polar surface area (TPSA) is 50.9 Å². The van der Waals surface area contributed by atoms with E-state index in [0.717, 1.165) is 5.56 Å². The quantitative estimate of drug-likeness (QED) is 0.837. The summed E-state index contributed by atoms with van der Waals surface area (Å²) in [4.78, 5) is 4.47. The molecule has 19 heavy (non-hydrogen) atoms. The molecule has 0 aliphatic rings. The summed E-state index contributed by atoms with van der Waals surface area (Å²) < 4.78 is 13.9. The number of aryl methyl sites for hydroxylation is 1. The highest BCUT2D eigenvalue weighted by atomic mass is 79.9. The van der Waals surface area contributed by atoms with E-state index < -0.39 is 0 Å². The van der Waals surface area contributed by atoms with Gasteiger partial charge in [-0.25, -0.2) is 9.37 Å².